The van der Waals surface area contributed by atoms with Crippen LogP contribution in [0.5, 0.6) is 0 Å². The fourth-order valence-corrected chi connectivity index (χ4v) is 11.1. The number of ether oxygens (including phenoxy) is 1. The van der Waals surface area contributed by atoms with Gasteiger partial charge in [0.2, 0.25) is 0 Å². The standard InChI is InChI=1S/C32H47NO3/c1-19-9-12-28(3)15-16-30(5)22(25(28)20(19)2)17-23(34)26-29(4)13-10-21(18-33)32(7,27(35)36-8)24(29)11-14-31(26,30)6/h17,19-21,24-26H,9-16H2,1-8H3/t19-,20+,21+,24?,25?,26?,28-,29+,30-,31-,32+/m1/s1. The lowest BCUT2D eigenvalue weighted by Gasteiger charge is -2.70. The Hall–Kier alpha value is -1.63. The molecule has 0 heterocycles. The molecule has 4 saturated carbocycles. The van der Waals surface area contributed by atoms with E-state index < -0.39 is 5.41 Å². The zero-order valence-electron chi connectivity index (χ0n) is 23.9. The van der Waals surface area contributed by atoms with Crippen LogP contribution >= 0.6 is 0 Å². The summed E-state index contributed by atoms with van der Waals surface area (Å²) in [6, 6.07) is 2.45. The number of fused-ring (bicyclic) bond motifs is 7. The van der Waals surface area contributed by atoms with E-state index in [4.69, 9.17) is 4.74 Å². The average molecular weight is 494 g/mol. The van der Waals surface area contributed by atoms with Crippen molar-refractivity contribution in [2.24, 2.45) is 62.6 Å². The van der Waals surface area contributed by atoms with Crippen LogP contribution in [0.2, 0.25) is 0 Å². The Morgan fingerprint density at radius 1 is 1.00 bits per heavy atom. The molecule has 0 N–H and O–H groups in total. The molecule has 0 amide bonds. The van der Waals surface area contributed by atoms with E-state index >= 15 is 0 Å². The first kappa shape index (κ1) is 26.0. The topological polar surface area (TPSA) is 67.2 Å². The Morgan fingerprint density at radius 2 is 1.69 bits per heavy atom. The van der Waals surface area contributed by atoms with Gasteiger partial charge in [-0.25, -0.2) is 0 Å². The zero-order chi connectivity index (χ0) is 26.5. The maximum Gasteiger partial charge on any atom is 0.313 e. The van der Waals surface area contributed by atoms with Gasteiger partial charge in [-0.2, -0.15) is 5.26 Å². The number of carbonyl (C=O) groups is 2. The predicted molar refractivity (Wildman–Crippen MR) is 140 cm³/mol. The van der Waals surface area contributed by atoms with Crippen molar-refractivity contribution < 1.29 is 14.3 Å². The fraction of sp³-hybridized carbons (Fsp3) is 0.844. The molecule has 0 bridgehead atoms. The van der Waals surface area contributed by atoms with Gasteiger partial charge in [0.15, 0.2) is 5.78 Å². The summed E-state index contributed by atoms with van der Waals surface area (Å²) in [6.07, 6.45) is 10.3. The van der Waals surface area contributed by atoms with Gasteiger partial charge in [0, 0.05) is 5.92 Å². The van der Waals surface area contributed by atoms with E-state index in [-0.39, 0.29) is 51.2 Å². The number of esters is 1. The summed E-state index contributed by atoms with van der Waals surface area (Å²) in [5.41, 5.74) is 0.387. The van der Waals surface area contributed by atoms with Crippen LogP contribution in [0.15, 0.2) is 11.6 Å². The van der Waals surface area contributed by atoms with E-state index in [0.29, 0.717) is 24.2 Å². The van der Waals surface area contributed by atoms with Crippen LogP contribution in [-0.4, -0.2) is 18.9 Å². The Morgan fingerprint density at radius 3 is 2.33 bits per heavy atom. The molecule has 0 aliphatic heterocycles. The van der Waals surface area contributed by atoms with Gasteiger partial charge < -0.3 is 4.74 Å². The van der Waals surface area contributed by atoms with Crippen molar-refractivity contribution >= 4 is 11.8 Å². The van der Waals surface area contributed by atoms with Crippen molar-refractivity contribution in [2.75, 3.05) is 7.11 Å². The quantitative estimate of drug-likeness (QED) is 0.364. The third kappa shape index (κ3) is 2.92. The molecule has 198 valence electrons. The van der Waals surface area contributed by atoms with Crippen LogP contribution in [0.25, 0.3) is 0 Å². The molecule has 3 unspecified atom stereocenters. The summed E-state index contributed by atoms with van der Waals surface area (Å²) in [6.45, 7) is 16.4. The molecule has 0 radical (unpaired) electrons. The number of hydrogen-bond acceptors (Lipinski definition) is 4. The van der Waals surface area contributed by atoms with Crippen molar-refractivity contribution in [1.29, 1.82) is 5.26 Å². The van der Waals surface area contributed by atoms with E-state index in [9.17, 15) is 14.9 Å². The first-order valence-electron chi connectivity index (χ1n) is 14.5. The largest absolute Gasteiger partial charge is 0.469 e. The second-order valence-electron chi connectivity index (χ2n) is 14.8. The van der Waals surface area contributed by atoms with Crippen molar-refractivity contribution in [3.63, 3.8) is 0 Å². The monoisotopic (exact) mass is 493 g/mol. The van der Waals surface area contributed by atoms with Gasteiger partial charge in [-0.15, -0.1) is 0 Å². The number of rotatable bonds is 1. The van der Waals surface area contributed by atoms with Gasteiger partial charge in [0.25, 0.3) is 0 Å². The van der Waals surface area contributed by atoms with E-state index in [0.717, 1.165) is 25.7 Å². The molecule has 36 heavy (non-hydrogen) atoms. The molecule has 5 rings (SSSR count). The van der Waals surface area contributed by atoms with Crippen LogP contribution in [0.4, 0.5) is 0 Å². The van der Waals surface area contributed by atoms with Gasteiger partial charge in [-0.1, -0.05) is 47.1 Å². The molecule has 0 aromatic rings. The molecular formula is C32H47NO3. The average Bonchev–Trinajstić information content (AvgIpc) is 2.82. The maximum atomic E-state index is 14.4. The highest BCUT2D eigenvalue weighted by atomic mass is 16.5. The second kappa shape index (κ2) is 7.94. The van der Waals surface area contributed by atoms with Gasteiger partial charge in [0.1, 0.15) is 0 Å². The number of methoxy groups -OCH3 is 1. The minimum absolute atomic E-state index is 0.0111. The van der Waals surface area contributed by atoms with Crippen molar-refractivity contribution in [3.8, 4) is 6.07 Å². The zero-order valence-corrected chi connectivity index (χ0v) is 23.9. The van der Waals surface area contributed by atoms with Gasteiger partial charge >= 0.3 is 5.97 Å². The molecule has 11 atom stereocenters. The lowest BCUT2D eigenvalue weighted by Crippen LogP contribution is -2.67. The third-order valence-corrected chi connectivity index (χ3v) is 13.6. The van der Waals surface area contributed by atoms with Crippen LogP contribution in [0.1, 0.15) is 99.8 Å². The first-order valence-corrected chi connectivity index (χ1v) is 14.5. The number of hydrogen-bond donors (Lipinski definition) is 0. The SMILES string of the molecule is COC(=O)[C@]1(C)C2CC[C@]3(C)C(C(=O)C=C4C5[C@@H](C)[C@H](C)CC[C@]5(C)CC[C@]43C)[C@@]2(C)CC[C@H]1C#N. The first-order chi connectivity index (χ1) is 16.7. The maximum absolute atomic E-state index is 14.4. The Balaban J connectivity index is 1.65. The normalized spacial score (nSPS) is 54.1. The van der Waals surface area contributed by atoms with E-state index in [2.05, 4.69) is 53.7 Å². The molecule has 4 heteroatoms. The molecule has 0 aromatic carbocycles. The second-order valence-corrected chi connectivity index (χ2v) is 14.8. The summed E-state index contributed by atoms with van der Waals surface area (Å²) in [7, 11) is 1.44. The van der Waals surface area contributed by atoms with Crippen molar-refractivity contribution in [2.45, 2.75) is 99.8 Å². The number of nitriles is 1. The molecule has 0 aromatic heterocycles. The Labute approximate surface area is 218 Å². The number of nitrogens with zero attached hydrogens (tertiary/aromatic N) is 1. The highest BCUT2D eigenvalue weighted by Crippen LogP contribution is 2.75. The van der Waals surface area contributed by atoms with E-state index in [1.54, 1.807) is 0 Å². The molecule has 5 aliphatic carbocycles. The van der Waals surface area contributed by atoms with Crippen LogP contribution in [0.3, 0.4) is 0 Å². The van der Waals surface area contributed by atoms with Crippen LogP contribution in [-0.2, 0) is 14.3 Å². The molecule has 0 saturated heterocycles. The molecule has 4 fully saturated rings. The lowest BCUT2D eigenvalue weighted by atomic mass is 9.32. The summed E-state index contributed by atoms with van der Waals surface area (Å²) in [4.78, 5) is 27.7. The summed E-state index contributed by atoms with van der Waals surface area (Å²) in [5.74, 6) is 1.23. The van der Waals surface area contributed by atoms with Gasteiger partial charge in [-0.05, 0) is 110 Å². The van der Waals surface area contributed by atoms with Crippen molar-refractivity contribution in [1.82, 2.24) is 0 Å². The van der Waals surface area contributed by atoms with Crippen LogP contribution < -0.4 is 0 Å². The summed E-state index contributed by atoms with van der Waals surface area (Å²) in [5, 5.41) is 10.0. The van der Waals surface area contributed by atoms with Crippen LogP contribution in [0, 0.1) is 73.9 Å². The number of allylic oxidation sites excluding steroid dienone is 2. The predicted octanol–water partition coefficient (Wildman–Crippen LogP) is 7.14. The minimum atomic E-state index is -0.874. The molecular weight excluding hydrogens is 446 g/mol. The van der Waals surface area contributed by atoms with E-state index in [1.807, 2.05) is 6.92 Å². The van der Waals surface area contributed by atoms with Gasteiger partial charge in [0.05, 0.1) is 24.5 Å². The Kier molecular flexibility index (Phi) is 5.73. The fourth-order valence-electron chi connectivity index (χ4n) is 11.1. The molecule has 4 nitrogen and oxygen atoms in total. The molecule has 5 aliphatic rings. The lowest BCUT2D eigenvalue weighted by molar-refractivity contribution is -0.204. The summed E-state index contributed by atoms with van der Waals surface area (Å²) >= 11 is 0. The summed E-state index contributed by atoms with van der Waals surface area (Å²) < 4.78 is 5.32. The van der Waals surface area contributed by atoms with Crippen molar-refractivity contribution in [3.05, 3.63) is 11.6 Å². The smallest absolute Gasteiger partial charge is 0.313 e. The number of carbonyl (C=O) groups excluding carboxylic acids is 2. The Bertz CT molecular complexity index is 1060. The van der Waals surface area contributed by atoms with Gasteiger partial charge in [-0.3, -0.25) is 9.59 Å². The number of ketones is 1. The third-order valence-electron chi connectivity index (χ3n) is 13.6. The van der Waals surface area contributed by atoms with E-state index in [1.165, 1.54) is 31.9 Å². The highest BCUT2D eigenvalue weighted by molar-refractivity contribution is 5.96. The highest BCUT2D eigenvalue weighted by Gasteiger charge is 2.72. The minimum Gasteiger partial charge on any atom is -0.469 e. The molecule has 0 spiro atoms.